The van der Waals surface area contributed by atoms with E-state index in [1.54, 1.807) is 24.5 Å². The normalized spacial score (nSPS) is 13.2. The zero-order chi connectivity index (χ0) is 23.9. The van der Waals surface area contributed by atoms with E-state index in [2.05, 4.69) is 74.2 Å². The van der Waals surface area contributed by atoms with Crippen molar-refractivity contribution in [3.05, 3.63) is 66.3 Å². The molecule has 33 heavy (non-hydrogen) atoms. The van der Waals surface area contributed by atoms with Crippen LogP contribution in [0.4, 0.5) is 5.69 Å². The Morgan fingerprint density at radius 1 is 1.00 bits per heavy atom. The Morgan fingerprint density at radius 2 is 1.73 bits per heavy atom. The van der Waals surface area contributed by atoms with Gasteiger partial charge in [0.05, 0.1) is 6.20 Å². The van der Waals surface area contributed by atoms with E-state index in [9.17, 15) is 0 Å². The van der Waals surface area contributed by atoms with Crippen LogP contribution in [0.15, 0.2) is 59.3 Å². The van der Waals surface area contributed by atoms with Gasteiger partial charge in [-0.1, -0.05) is 70.4 Å². The van der Waals surface area contributed by atoms with E-state index in [-0.39, 0.29) is 11.1 Å². The van der Waals surface area contributed by atoms with Crippen LogP contribution in [0.5, 0.6) is 0 Å². The molecule has 178 valence electrons. The minimum absolute atomic E-state index is 0.117. The van der Waals surface area contributed by atoms with Gasteiger partial charge in [0.15, 0.2) is 14.1 Å². The summed E-state index contributed by atoms with van der Waals surface area (Å²) in [6.07, 6.45) is 10.0. The number of pyridine rings is 1. The largest absolute Gasteiger partial charge is 0.436 e. The minimum Gasteiger partial charge on any atom is -0.436 e. The second kappa shape index (κ2) is 11.1. The van der Waals surface area contributed by atoms with E-state index in [1.165, 1.54) is 24.8 Å². The van der Waals surface area contributed by atoms with Crippen molar-refractivity contribution in [2.75, 3.05) is 5.73 Å². The first-order valence-electron chi connectivity index (χ1n) is 12.0. The summed E-state index contributed by atoms with van der Waals surface area (Å²) in [6.45, 7) is 11.3. The van der Waals surface area contributed by atoms with Crippen LogP contribution in [0.1, 0.15) is 70.4 Å². The molecule has 0 aliphatic heterocycles. The summed E-state index contributed by atoms with van der Waals surface area (Å²) in [6, 6.07) is 14.3. The molecule has 2 aromatic heterocycles. The summed E-state index contributed by atoms with van der Waals surface area (Å²) in [5, 5.41) is 0.117. The Balaban J connectivity index is 1.63. The molecule has 0 saturated carbocycles. The fourth-order valence-corrected chi connectivity index (χ4v) is 4.84. The lowest BCUT2D eigenvalue weighted by Crippen LogP contribution is -2.41. The lowest BCUT2D eigenvalue weighted by Gasteiger charge is -2.38. The molecule has 3 rings (SSSR count). The molecule has 1 unspecified atom stereocenters. The summed E-state index contributed by atoms with van der Waals surface area (Å²) in [7, 11) is -1.98. The first-order chi connectivity index (χ1) is 15.7. The minimum atomic E-state index is -1.98. The molecule has 0 bridgehead atoms. The van der Waals surface area contributed by atoms with Crippen LogP contribution in [0.25, 0.3) is 11.5 Å². The van der Waals surface area contributed by atoms with Crippen LogP contribution < -0.4 is 5.73 Å². The van der Waals surface area contributed by atoms with E-state index < -0.39 is 8.32 Å². The number of oxazole rings is 1. The monoisotopic (exact) mass is 465 g/mol. The highest BCUT2D eigenvalue weighted by atomic mass is 28.4. The first kappa shape index (κ1) is 25.2. The highest BCUT2D eigenvalue weighted by Crippen LogP contribution is 2.41. The predicted octanol–water partition coefficient (Wildman–Crippen LogP) is 7.57. The summed E-state index contributed by atoms with van der Waals surface area (Å²) < 4.78 is 12.9. The van der Waals surface area contributed by atoms with Gasteiger partial charge in [-0.2, -0.15) is 0 Å². The average molecular weight is 466 g/mol. The number of nitrogens with zero attached hydrogens (tertiary/aromatic N) is 2. The van der Waals surface area contributed by atoms with Crippen LogP contribution in [-0.4, -0.2) is 18.3 Å². The van der Waals surface area contributed by atoms with Gasteiger partial charge in [-0.15, -0.1) is 0 Å². The quantitative estimate of drug-likeness (QED) is 0.233. The van der Waals surface area contributed by atoms with Gasteiger partial charge in [0, 0.05) is 11.9 Å². The topological polar surface area (TPSA) is 74.2 Å². The fourth-order valence-electron chi connectivity index (χ4n) is 3.56. The number of rotatable bonds is 11. The molecule has 0 fully saturated rings. The molecule has 0 saturated heterocycles. The van der Waals surface area contributed by atoms with Crippen molar-refractivity contribution < 1.29 is 8.84 Å². The smallest absolute Gasteiger partial charge is 0.222 e. The maximum atomic E-state index is 6.77. The molecule has 3 aromatic rings. The van der Waals surface area contributed by atoms with Crippen molar-refractivity contribution in [2.45, 2.75) is 83.5 Å². The predicted molar refractivity (Wildman–Crippen MR) is 138 cm³/mol. The van der Waals surface area contributed by atoms with Gasteiger partial charge in [0.25, 0.3) is 0 Å². The molecular formula is C27H39N3O2Si. The first-order valence-corrected chi connectivity index (χ1v) is 15.0. The van der Waals surface area contributed by atoms with Gasteiger partial charge >= 0.3 is 0 Å². The van der Waals surface area contributed by atoms with Crippen molar-refractivity contribution in [3.8, 4) is 11.5 Å². The number of aromatic nitrogens is 2. The van der Waals surface area contributed by atoms with Gasteiger partial charge in [0.1, 0.15) is 11.8 Å². The third kappa shape index (κ3) is 7.27. The van der Waals surface area contributed by atoms with Gasteiger partial charge in [-0.25, -0.2) is 4.98 Å². The zero-order valence-electron chi connectivity index (χ0n) is 20.8. The van der Waals surface area contributed by atoms with Crippen molar-refractivity contribution in [1.29, 1.82) is 0 Å². The Kier molecular flexibility index (Phi) is 8.49. The van der Waals surface area contributed by atoms with E-state index in [0.29, 0.717) is 23.0 Å². The zero-order valence-corrected chi connectivity index (χ0v) is 21.8. The van der Waals surface area contributed by atoms with Crippen LogP contribution >= 0.6 is 0 Å². The molecule has 2 N–H and O–H groups in total. The fraction of sp³-hybridized carbons (Fsp3) is 0.481. The Morgan fingerprint density at radius 3 is 2.42 bits per heavy atom. The second-order valence-corrected chi connectivity index (χ2v) is 15.1. The summed E-state index contributed by atoms with van der Waals surface area (Å²) in [5.41, 5.74) is 8.68. The molecule has 0 amide bonds. The average Bonchev–Trinajstić information content (AvgIpc) is 3.25. The van der Waals surface area contributed by atoms with Crippen molar-refractivity contribution >= 4 is 14.0 Å². The third-order valence-corrected chi connectivity index (χ3v) is 11.1. The Hall–Kier alpha value is -2.44. The molecule has 1 atom stereocenters. The van der Waals surface area contributed by atoms with Gasteiger partial charge in [-0.3, -0.25) is 4.98 Å². The molecule has 2 heterocycles. The van der Waals surface area contributed by atoms with E-state index in [0.717, 1.165) is 19.3 Å². The maximum Gasteiger partial charge on any atom is 0.222 e. The molecule has 1 aromatic carbocycles. The van der Waals surface area contributed by atoms with Gasteiger partial charge < -0.3 is 14.6 Å². The maximum absolute atomic E-state index is 6.77. The van der Waals surface area contributed by atoms with Crippen LogP contribution in [0.3, 0.4) is 0 Å². The highest BCUT2D eigenvalue weighted by Gasteiger charge is 2.40. The molecule has 0 radical (unpaired) electrons. The lowest BCUT2D eigenvalue weighted by atomic mass is 10.0. The summed E-state index contributed by atoms with van der Waals surface area (Å²) in [4.78, 5) is 8.96. The van der Waals surface area contributed by atoms with Crippen LogP contribution in [0, 0.1) is 0 Å². The van der Waals surface area contributed by atoms with Crippen molar-refractivity contribution in [2.24, 2.45) is 0 Å². The lowest BCUT2D eigenvalue weighted by molar-refractivity contribution is 0.139. The van der Waals surface area contributed by atoms with Crippen LogP contribution in [0.2, 0.25) is 18.1 Å². The molecule has 5 nitrogen and oxygen atoms in total. The molecule has 0 aliphatic rings. The van der Waals surface area contributed by atoms with Gasteiger partial charge in [-0.05, 0) is 55.1 Å². The number of nitrogen functional groups attached to an aromatic ring is 1. The van der Waals surface area contributed by atoms with Crippen molar-refractivity contribution in [3.63, 3.8) is 0 Å². The Bertz CT molecular complexity index is 996. The molecular weight excluding hydrogens is 426 g/mol. The van der Waals surface area contributed by atoms with Crippen LogP contribution in [-0.2, 0) is 10.8 Å². The number of nitrogens with two attached hydrogens (primary N) is 1. The number of hydrogen-bond donors (Lipinski definition) is 1. The molecule has 0 spiro atoms. The Labute approximate surface area is 199 Å². The van der Waals surface area contributed by atoms with Crippen molar-refractivity contribution in [1.82, 2.24) is 9.97 Å². The number of aryl methyl sites for hydroxylation is 1. The number of hydrogen-bond acceptors (Lipinski definition) is 5. The van der Waals surface area contributed by atoms with E-state index in [4.69, 9.17) is 14.6 Å². The highest BCUT2D eigenvalue weighted by molar-refractivity contribution is 6.74. The van der Waals surface area contributed by atoms with E-state index in [1.807, 2.05) is 0 Å². The number of anilines is 1. The molecule has 6 heteroatoms. The summed E-state index contributed by atoms with van der Waals surface area (Å²) in [5.74, 6) is 1.27. The summed E-state index contributed by atoms with van der Waals surface area (Å²) >= 11 is 0. The molecule has 0 aliphatic carbocycles. The van der Waals surface area contributed by atoms with E-state index >= 15 is 0 Å². The third-order valence-electron chi connectivity index (χ3n) is 6.60. The second-order valence-electron chi connectivity index (χ2n) is 10.3. The van der Waals surface area contributed by atoms with Gasteiger partial charge in [0.2, 0.25) is 5.89 Å². The number of benzene rings is 1. The standard InChI is InChI=1S/C27H39N3O2Si/c1-27(2,3)33(4,5)32-24(16-12-7-6-9-13-21-14-10-8-11-15-21)26-30-20-25(31-26)23-19-22(28)17-18-29-23/h8,10-11,14-15,17-20,24H,6-7,9,12-13,16H2,1-5H3,(H2,28,29). The SMILES string of the molecule is CC(C)(C)[Si](C)(C)OC(CCCCCCc1ccccc1)c1ncc(-c2cc(N)ccn2)o1. The number of unbranched alkanes of at least 4 members (excludes halogenated alkanes) is 3.